The Bertz CT molecular complexity index is 232. The standard InChI is InChI=1S/C8H10N2.C3H7O/c9-6-7-10-8-4-2-1-3-5-8;1-3(2)4/h1-6,9-10H,7H2;3H,1-2H3. The summed E-state index contributed by atoms with van der Waals surface area (Å²) >= 11 is 0. The number of hydrogen-bond acceptors (Lipinski definition) is 2. The normalized spacial score (nSPS) is 8.86. The van der Waals surface area contributed by atoms with Gasteiger partial charge in [0.15, 0.2) is 0 Å². The van der Waals surface area contributed by atoms with E-state index in [0.717, 1.165) is 5.69 Å². The topological polar surface area (TPSA) is 55.8 Å². The molecule has 0 spiro atoms. The predicted octanol–water partition coefficient (Wildman–Crippen LogP) is 2.57. The molecule has 0 atom stereocenters. The first-order valence-electron chi connectivity index (χ1n) is 4.60. The maximum absolute atomic E-state index is 9.53. The lowest BCUT2D eigenvalue weighted by atomic mass is 10.3. The van der Waals surface area contributed by atoms with Crippen molar-refractivity contribution in [3.8, 4) is 0 Å². The molecule has 2 N–H and O–H groups in total. The Labute approximate surface area is 85.3 Å². The SMILES string of the molecule is CC(C)[O].N=CCNc1ccccc1. The molecule has 0 saturated heterocycles. The van der Waals surface area contributed by atoms with Crippen LogP contribution in [0.25, 0.3) is 0 Å². The van der Waals surface area contributed by atoms with Crippen molar-refractivity contribution in [2.75, 3.05) is 11.9 Å². The zero-order chi connectivity index (χ0) is 10.8. The van der Waals surface area contributed by atoms with Crippen LogP contribution in [-0.4, -0.2) is 18.9 Å². The molecule has 0 aliphatic carbocycles. The molecule has 77 valence electrons. The highest BCUT2D eigenvalue weighted by Gasteiger charge is 1.83. The van der Waals surface area contributed by atoms with E-state index in [4.69, 9.17) is 5.41 Å². The molecule has 3 heteroatoms. The summed E-state index contributed by atoms with van der Waals surface area (Å²) in [6.45, 7) is 3.82. The molecule has 1 rings (SSSR count). The maximum Gasteiger partial charge on any atom is 0.0874 e. The highest BCUT2D eigenvalue weighted by atomic mass is 16.3. The van der Waals surface area contributed by atoms with Gasteiger partial charge in [-0.2, -0.15) is 0 Å². The molecule has 1 aromatic rings. The summed E-state index contributed by atoms with van der Waals surface area (Å²) in [4.78, 5) is 0. The van der Waals surface area contributed by atoms with Crippen molar-refractivity contribution in [1.82, 2.24) is 0 Å². The summed E-state index contributed by atoms with van der Waals surface area (Å²) in [7, 11) is 0. The van der Waals surface area contributed by atoms with Crippen molar-refractivity contribution in [3.05, 3.63) is 30.3 Å². The van der Waals surface area contributed by atoms with Crippen LogP contribution >= 0.6 is 0 Å². The fraction of sp³-hybridized carbons (Fsp3) is 0.364. The van der Waals surface area contributed by atoms with Crippen LogP contribution in [0.3, 0.4) is 0 Å². The minimum absolute atomic E-state index is 0.417. The molecule has 0 saturated carbocycles. The third-order valence-electron chi connectivity index (χ3n) is 1.18. The Kier molecular flexibility index (Phi) is 7.46. The van der Waals surface area contributed by atoms with Crippen molar-refractivity contribution in [2.24, 2.45) is 0 Å². The van der Waals surface area contributed by atoms with Gasteiger partial charge in [-0.1, -0.05) is 18.2 Å². The summed E-state index contributed by atoms with van der Waals surface area (Å²) in [6.07, 6.45) is 0.924. The monoisotopic (exact) mass is 193 g/mol. The lowest BCUT2D eigenvalue weighted by molar-refractivity contribution is 0.122. The van der Waals surface area contributed by atoms with Crippen LogP contribution < -0.4 is 5.32 Å². The van der Waals surface area contributed by atoms with Gasteiger partial charge in [-0.05, 0) is 26.0 Å². The second-order valence-corrected chi connectivity index (χ2v) is 3.00. The van der Waals surface area contributed by atoms with Gasteiger partial charge in [0, 0.05) is 18.4 Å². The van der Waals surface area contributed by atoms with E-state index >= 15 is 0 Å². The number of hydrogen-bond donors (Lipinski definition) is 2. The van der Waals surface area contributed by atoms with Gasteiger partial charge in [0.2, 0.25) is 0 Å². The van der Waals surface area contributed by atoms with Crippen molar-refractivity contribution in [2.45, 2.75) is 20.0 Å². The van der Waals surface area contributed by atoms with Crippen molar-refractivity contribution < 1.29 is 5.11 Å². The smallest absolute Gasteiger partial charge is 0.0874 e. The average Bonchev–Trinajstić information content (AvgIpc) is 2.15. The predicted molar refractivity (Wildman–Crippen MR) is 59.5 cm³/mol. The van der Waals surface area contributed by atoms with E-state index in [2.05, 4.69) is 5.32 Å². The molecule has 3 nitrogen and oxygen atoms in total. The number of nitrogens with one attached hydrogen (secondary N) is 2. The third kappa shape index (κ3) is 8.74. The first-order valence-corrected chi connectivity index (χ1v) is 4.60. The van der Waals surface area contributed by atoms with Crippen LogP contribution in [-0.2, 0) is 5.11 Å². The molecule has 0 bridgehead atoms. The Morgan fingerprint density at radius 3 is 2.29 bits per heavy atom. The summed E-state index contributed by atoms with van der Waals surface area (Å²) in [6, 6.07) is 9.85. The molecule has 1 radical (unpaired) electrons. The molecule has 0 aromatic heterocycles. The zero-order valence-corrected chi connectivity index (χ0v) is 8.66. The molecule has 0 unspecified atom stereocenters. The van der Waals surface area contributed by atoms with Gasteiger partial charge in [0.05, 0.1) is 6.10 Å². The van der Waals surface area contributed by atoms with Crippen LogP contribution in [0.4, 0.5) is 5.69 Å². The molecule has 0 aliphatic rings. The Balaban J connectivity index is 0.000000364. The van der Waals surface area contributed by atoms with Crippen molar-refractivity contribution >= 4 is 11.9 Å². The molecule has 1 aromatic carbocycles. The molecule has 0 fully saturated rings. The van der Waals surface area contributed by atoms with Crippen LogP contribution in [0, 0.1) is 5.41 Å². The van der Waals surface area contributed by atoms with E-state index in [0.29, 0.717) is 6.54 Å². The van der Waals surface area contributed by atoms with Crippen LogP contribution in [0.5, 0.6) is 0 Å². The highest BCUT2D eigenvalue weighted by Crippen LogP contribution is 2.02. The van der Waals surface area contributed by atoms with E-state index in [1.165, 1.54) is 6.21 Å². The number of rotatable bonds is 3. The summed E-state index contributed by atoms with van der Waals surface area (Å²) in [5.74, 6) is 0. The zero-order valence-electron chi connectivity index (χ0n) is 8.66. The molecular formula is C11H17N2O. The van der Waals surface area contributed by atoms with E-state index in [9.17, 15) is 5.11 Å². The Hall–Kier alpha value is -1.35. The minimum Gasteiger partial charge on any atom is -0.380 e. The Morgan fingerprint density at radius 2 is 1.86 bits per heavy atom. The highest BCUT2D eigenvalue weighted by molar-refractivity contribution is 5.61. The third-order valence-corrected chi connectivity index (χ3v) is 1.18. The summed E-state index contributed by atoms with van der Waals surface area (Å²) in [5, 5.41) is 19.3. The Morgan fingerprint density at radius 1 is 1.36 bits per heavy atom. The van der Waals surface area contributed by atoms with Crippen LogP contribution in [0.15, 0.2) is 30.3 Å². The molecular weight excluding hydrogens is 176 g/mol. The molecule has 0 aliphatic heterocycles. The second kappa shape index (κ2) is 8.26. The fourth-order valence-corrected chi connectivity index (χ4v) is 0.725. The first kappa shape index (κ1) is 12.7. The molecule has 14 heavy (non-hydrogen) atoms. The number of benzene rings is 1. The quantitative estimate of drug-likeness (QED) is 0.712. The van der Waals surface area contributed by atoms with Gasteiger partial charge >= 0.3 is 0 Å². The van der Waals surface area contributed by atoms with E-state index in [1.54, 1.807) is 13.8 Å². The largest absolute Gasteiger partial charge is 0.380 e. The second-order valence-electron chi connectivity index (χ2n) is 3.00. The molecule has 0 heterocycles. The van der Waals surface area contributed by atoms with Crippen molar-refractivity contribution in [3.63, 3.8) is 0 Å². The van der Waals surface area contributed by atoms with Crippen molar-refractivity contribution in [1.29, 1.82) is 5.41 Å². The summed E-state index contributed by atoms with van der Waals surface area (Å²) < 4.78 is 0. The number of para-hydroxylation sites is 1. The van der Waals surface area contributed by atoms with E-state index in [-0.39, 0.29) is 0 Å². The van der Waals surface area contributed by atoms with E-state index in [1.807, 2.05) is 30.3 Å². The van der Waals surface area contributed by atoms with E-state index < -0.39 is 6.10 Å². The van der Waals surface area contributed by atoms with Gasteiger partial charge in [0.1, 0.15) is 0 Å². The minimum atomic E-state index is -0.417. The van der Waals surface area contributed by atoms with Gasteiger partial charge in [0.25, 0.3) is 0 Å². The van der Waals surface area contributed by atoms with Gasteiger partial charge in [-0.25, -0.2) is 5.11 Å². The maximum atomic E-state index is 9.53. The average molecular weight is 193 g/mol. The van der Waals surface area contributed by atoms with Crippen LogP contribution in [0.1, 0.15) is 13.8 Å². The van der Waals surface area contributed by atoms with Gasteiger partial charge in [-0.3, -0.25) is 0 Å². The first-order chi connectivity index (χ1) is 6.66. The van der Waals surface area contributed by atoms with Gasteiger partial charge < -0.3 is 10.7 Å². The van der Waals surface area contributed by atoms with Crippen LogP contribution in [0.2, 0.25) is 0 Å². The fourth-order valence-electron chi connectivity index (χ4n) is 0.725. The van der Waals surface area contributed by atoms with Gasteiger partial charge in [-0.15, -0.1) is 0 Å². The molecule has 0 amide bonds. The lowest BCUT2D eigenvalue weighted by Crippen LogP contribution is -2.00. The lowest BCUT2D eigenvalue weighted by Gasteiger charge is -1.99. The summed E-state index contributed by atoms with van der Waals surface area (Å²) in [5.41, 5.74) is 1.06. The number of anilines is 1.